The summed E-state index contributed by atoms with van der Waals surface area (Å²) in [6.07, 6.45) is 0. The summed E-state index contributed by atoms with van der Waals surface area (Å²) < 4.78 is 10.8. The Morgan fingerprint density at radius 1 is 1.21 bits per heavy atom. The van der Waals surface area contributed by atoms with E-state index in [1.54, 1.807) is 20.1 Å². The normalized spacial score (nSPS) is 15.1. The van der Waals surface area contributed by atoms with Crippen molar-refractivity contribution in [3.8, 4) is 5.75 Å². The van der Waals surface area contributed by atoms with Crippen molar-refractivity contribution in [3.05, 3.63) is 53.5 Å². The van der Waals surface area contributed by atoms with Crippen molar-refractivity contribution in [2.24, 2.45) is 4.99 Å². The molecule has 1 aromatic carbocycles. The number of guanidine groups is 1. The van der Waals surface area contributed by atoms with Gasteiger partial charge in [-0.3, -0.25) is 0 Å². The maximum absolute atomic E-state index is 10.7. The number of aliphatic hydroxyl groups is 1. The molecule has 0 aliphatic carbocycles. The molecular formula is C22H34N4O3. The maximum Gasteiger partial charge on any atom is 0.191 e. The van der Waals surface area contributed by atoms with Crippen molar-refractivity contribution in [2.75, 3.05) is 40.8 Å². The van der Waals surface area contributed by atoms with Crippen molar-refractivity contribution in [2.45, 2.75) is 32.4 Å². The van der Waals surface area contributed by atoms with E-state index in [4.69, 9.17) is 9.15 Å². The highest BCUT2D eigenvalue weighted by Gasteiger charge is 2.27. The van der Waals surface area contributed by atoms with Crippen molar-refractivity contribution in [1.82, 2.24) is 15.5 Å². The first-order chi connectivity index (χ1) is 13.8. The molecular weight excluding hydrogens is 368 g/mol. The molecule has 3 N–H and O–H groups in total. The Balaban J connectivity index is 2.08. The summed E-state index contributed by atoms with van der Waals surface area (Å²) in [5.41, 5.74) is 0.00490. The van der Waals surface area contributed by atoms with E-state index in [0.717, 1.165) is 18.1 Å². The molecule has 0 fully saturated rings. The summed E-state index contributed by atoms with van der Waals surface area (Å²) in [6, 6.07) is 11.8. The maximum atomic E-state index is 10.7. The lowest BCUT2D eigenvalue weighted by molar-refractivity contribution is 0.0428. The number of aliphatic imine (C=N–C) groups is 1. The van der Waals surface area contributed by atoms with Crippen LogP contribution in [0.5, 0.6) is 5.75 Å². The number of benzene rings is 1. The molecule has 29 heavy (non-hydrogen) atoms. The molecule has 1 heterocycles. The molecule has 0 spiro atoms. The molecule has 7 heteroatoms. The summed E-state index contributed by atoms with van der Waals surface area (Å²) in [5.74, 6) is 2.77. The highest BCUT2D eigenvalue weighted by atomic mass is 16.5. The second-order valence-electron chi connectivity index (χ2n) is 7.51. The third-order valence-electron chi connectivity index (χ3n) is 4.75. The smallest absolute Gasteiger partial charge is 0.191 e. The molecule has 0 bridgehead atoms. The molecule has 7 nitrogen and oxygen atoms in total. The van der Waals surface area contributed by atoms with Crippen molar-refractivity contribution >= 4 is 5.96 Å². The van der Waals surface area contributed by atoms with Gasteiger partial charge in [0.15, 0.2) is 5.96 Å². The molecule has 0 saturated carbocycles. The highest BCUT2D eigenvalue weighted by Crippen LogP contribution is 2.23. The molecule has 0 saturated heterocycles. The highest BCUT2D eigenvalue weighted by molar-refractivity contribution is 5.79. The van der Waals surface area contributed by atoms with Gasteiger partial charge in [0.1, 0.15) is 22.9 Å². The van der Waals surface area contributed by atoms with Gasteiger partial charge < -0.3 is 29.8 Å². The number of nitrogens with one attached hydrogen (secondary N) is 2. The fourth-order valence-corrected chi connectivity index (χ4v) is 2.99. The second kappa shape index (κ2) is 10.3. The van der Waals surface area contributed by atoms with E-state index in [1.165, 1.54) is 5.56 Å². The number of aryl methyl sites for hydroxylation is 1. The van der Waals surface area contributed by atoms with Gasteiger partial charge in [0.25, 0.3) is 0 Å². The Labute approximate surface area is 173 Å². The van der Waals surface area contributed by atoms with Gasteiger partial charge >= 0.3 is 0 Å². The SMILES string of the molecule is CCNC(=NCC(C)(O)c1ccc(C)o1)NCC(c1ccc(OC)cc1)N(C)C. The zero-order chi connectivity index (χ0) is 21.4. The van der Waals surface area contributed by atoms with Gasteiger partial charge in [0.05, 0.1) is 19.7 Å². The van der Waals surface area contributed by atoms with Crippen LogP contribution in [0.15, 0.2) is 45.8 Å². The standard InChI is InChI=1S/C22H34N4O3/c1-7-23-21(25-15-22(3,27)20-13-8-16(2)29-20)24-14-19(26(4)5)17-9-11-18(28-6)12-10-17/h8-13,19,27H,7,14-15H2,1-6H3,(H2,23,24,25). The van der Waals surface area contributed by atoms with Gasteiger partial charge in [0, 0.05) is 13.1 Å². The van der Waals surface area contributed by atoms with Crippen LogP contribution in [0.4, 0.5) is 0 Å². The number of hydrogen-bond donors (Lipinski definition) is 3. The molecule has 2 rings (SSSR count). The van der Waals surface area contributed by atoms with E-state index in [0.29, 0.717) is 18.3 Å². The first-order valence-corrected chi connectivity index (χ1v) is 9.88. The lowest BCUT2D eigenvalue weighted by Gasteiger charge is -2.26. The topological polar surface area (TPSA) is 82.3 Å². The summed E-state index contributed by atoms with van der Waals surface area (Å²) in [7, 11) is 5.76. The van der Waals surface area contributed by atoms with Crippen LogP contribution in [-0.2, 0) is 5.60 Å². The van der Waals surface area contributed by atoms with E-state index >= 15 is 0 Å². The minimum atomic E-state index is -1.17. The molecule has 0 aliphatic heterocycles. The minimum Gasteiger partial charge on any atom is -0.497 e. The van der Waals surface area contributed by atoms with Crippen LogP contribution in [0.1, 0.15) is 37.0 Å². The average Bonchev–Trinajstić information content (AvgIpc) is 3.14. The van der Waals surface area contributed by atoms with E-state index in [9.17, 15) is 5.11 Å². The Hall–Kier alpha value is -2.51. The van der Waals surface area contributed by atoms with Gasteiger partial charge in [0.2, 0.25) is 0 Å². The van der Waals surface area contributed by atoms with Crippen LogP contribution in [0, 0.1) is 6.92 Å². The molecule has 2 atom stereocenters. The van der Waals surface area contributed by atoms with Gasteiger partial charge in [-0.2, -0.15) is 0 Å². The van der Waals surface area contributed by atoms with Crippen LogP contribution < -0.4 is 15.4 Å². The lowest BCUT2D eigenvalue weighted by atomic mass is 10.0. The summed E-state index contributed by atoms with van der Waals surface area (Å²) in [6.45, 7) is 7.14. The van der Waals surface area contributed by atoms with Gasteiger partial charge in [-0.25, -0.2) is 4.99 Å². The van der Waals surface area contributed by atoms with Gasteiger partial charge in [-0.15, -0.1) is 0 Å². The van der Waals surface area contributed by atoms with Crippen molar-refractivity contribution in [1.29, 1.82) is 0 Å². The molecule has 2 unspecified atom stereocenters. The monoisotopic (exact) mass is 402 g/mol. The van der Waals surface area contributed by atoms with Crippen molar-refractivity contribution in [3.63, 3.8) is 0 Å². The van der Waals surface area contributed by atoms with E-state index < -0.39 is 5.60 Å². The Kier molecular flexibility index (Phi) is 8.10. The van der Waals surface area contributed by atoms with Crippen LogP contribution in [-0.4, -0.2) is 56.8 Å². The van der Waals surface area contributed by atoms with Gasteiger partial charge in [-0.1, -0.05) is 12.1 Å². The fourth-order valence-electron chi connectivity index (χ4n) is 2.99. The summed E-state index contributed by atoms with van der Waals surface area (Å²) >= 11 is 0. The zero-order valence-electron chi connectivity index (χ0n) is 18.3. The number of likely N-dealkylation sites (N-methyl/N-ethyl adjacent to an activating group) is 1. The first-order valence-electron chi connectivity index (χ1n) is 9.88. The van der Waals surface area contributed by atoms with Crippen LogP contribution in [0.2, 0.25) is 0 Å². The Bertz CT molecular complexity index is 782. The van der Waals surface area contributed by atoms with E-state index in [-0.39, 0.29) is 12.6 Å². The molecule has 0 radical (unpaired) electrons. The number of hydrogen-bond acceptors (Lipinski definition) is 5. The molecule has 0 amide bonds. The molecule has 1 aromatic heterocycles. The van der Waals surface area contributed by atoms with E-state index in [1.807, 2.05) is 46.1 Å². The lowest BCUT2D eigenvalue weighted by Crippen LogP contribution is -2.42. The third kappa shape index (κ3) is 6.51. The molecule has 0 aliphatic rings. The quantitative estimate of drug-likeness (QED) is 0.442. The Morgan fingerprint density at radius 2 is 1.90 bits per heavy atom. The van der Waals surface area contributed by atoms with Crippen LogP contribution in [0.3, 0.4) is 0 Å². The predicted octanol–water partition coefficient (Wildman–Crippen LogP) is 2.66. The first kappa shape index (κ1) is 22.8. The largest absolute Gasteiger partial charge is 0.497 e. The number of nitrogens with zero attached hydrogens (tertiary/aromatic N) is 2. The zero-order valence-corrected chi connectivity index (χ0v) is 18.3. The van der Waals surface area contributed by atoms with Crippen LogP contribution >= 0.6 is 0 Å². The number of methoxy groups -OCH3 is 1. The van der Waals surface area contributed by atoms with Gasteiger partial charge in [-0.05, 0) is 64.7 Å². The third-order valence-corrected chi connectivity index (χ3v) is 4.75. The number of furan rings is 1. The van der Waals surface area contributed by atoms with E-state index in [2.05, 4.69) is 32.7 Å². The summed E-state index contributed by atoms with van der Waals surface area (Å²) in [5, 5.41) is 17.3. The second-order valence-corrected chi connectivity index (χ2v) is 7.51. The van der Waals surface area contributed by atoms with Crippen molar-refractivity contribution < 1.29 is 14.3 Å². The predicted molar refractivity (Wildman–Crippen MR) is 116 cm³/mol. The van der Waals surface area contributed by atoms with Crippen LogP contribution in [0.25, 0.3) is 0 Å². The number of rotatable bonds is 9. The summed E-state index contributed by atoms with van der Waals surface area (Å²) in [4.78, 5) is 6.72. The fraction of sp³-hybridized carbons (Fsp3) is 0.500. The molecule has 160 valence electrons. The average molecular weight is 403 g/mol. The number of ether oxygens (including phenoxy) is 1. The minimum absolute atomic E-state index is 0.151. The molecule has 2 aromatic rings. The Morgan fingerprint density at radius 3 is 2.41 bits per heavy atom.